The molecule has 0 saturated heterocycles. The van der Waals surface area contributed by atoms with E-state index in [9.17, 15) is 9.18 Å². The third-order valence-corrected chi connectivity index (χ3v) is 3.58. The van der Waals surface area contributed by atoms with Gasteiger partial charge in [0.15, 0.2) is 5.82 Å². The van der Waals surface area contributed by atoms with Crippen LogP contribution in [0.1, 0.15) is 10.4 Å². The van der Waals surface area contributed by atoms with Gasteiger partial charge in [-0.15, -0.1) is 10.2 Å². The van der Waals surface area contributed by atoms with Gasteiger partial charge in [-0.25, -0.2) is 4.39 Å². The maximum absolute atomic E-state index is 13.1. The van der Waals surface area contributed by atoms with Crippen LogP contribution in [0.25, 0.3) is 11.4 Å². The fourth-order valence-electron chi connectivity index (χ4n) is 2.15. The lowest BCUT2D eigenvalue weighted by Gasteiger charge is -2.08. The van der Waals surface area contributed by atoms with Gasteiger partial charge in [0.2, 0.25) is 0 Å². The number of halogens is 2. The minimum atomic E-state index is -0.490. The predicted octanol–water partition coefficient (Wildman–Crippen LogP) is 3.53. The standard InChI is InChI=1S/C16H12ClFN4O/c1-22-9-19-21-15(22)10-3-2-4-12(7-10)20-16(23)13-6-5-11(18)8-14(13)17/h2-9H,1H3,(H,20,23). The number of carbonyl (C=O) groups excluding carboxylic acids is 1. The van der Waals surface area contributed by atoms with E-state index in [4.69, 9.17) is 11.6 Å². The number of amides is 1. The summed E-state index contributed by atoms with van der Waals surface area (Å²) in [5.74, 6) is -0.221. The first-order chi connectivity index (χ1) is 11.0. The zero-order valence-corrected chi connectivity index (χ0v) is 12.9. The summed E-state index contributed by atoms with van der Waals surface area (Å²) in [5.41, 5.74) is 1.60. The molecule has 23 heavy (non-hydrogen) atoms. The molecule has 3 aromatic rings. The molecule has 0 fully saturated rings. The Morgan fingerprint density at radius 2 is 2.09 bits per heavy atom. The van der Waals surface area contributed by atoms with Gasteiger partial charge < -0.3 is 9.88 Å². The maximum Gasteiger partial charge on any atom is 0.257 e. The summed E-state index contributed by atoms with van der Waals surface area (Å²) in [4.78, 5) is 12.3. The largest absolute Gasteiger partial charge is 0.322 e. The van der Waals surface area contributed by atoms with Gasteiger partial charge in [0.25, 0.3) is 5.91 Å². The van der Waals surface area contributed by atoms with Crippen LogP contribution in [0.3, 0.4) is 0 Å². The van der Waals surface area contributed by atoms with Gasteiger partial charge in [-0.2, -0.15) is 0 Å². The molecule has 5 nitrogen and oxygen atoms in total. The second kappa shape index (κ2) is 6.18. The van der Waals surface area contributed by atoms with Gasteiger partial charge in [0.05, 0.1) is 10.6 Å². The van der Waals surface area contributed by atoms with E-state index in [1.54, 1.807) is 29.1 Å². The van der Waals surface area contributed by atoms with Crippen molar-refractivity contribution in [1.29, 1.82) is 0 Å². The van der Waals surface area contributed by atoms with E-state index in [-0.39, 0.29) is 10.6 Å². The first-order valence-electron chi connectivity index (χ1n) is 6.75. The lowest BCUT2D eigenvalue weighted by Crippen LogP contribution is -2.12. The van der Waals surface area contributed by atoms with Crippen LogP contribution in [0.15, 0.2) is 48.8 Å². The highest BCUT2D eigenvalue weighted by Crippen LogP contribution is 2.22. The van der Waals surface area contributed by atoms with Gasteiger partial charge in [0, 0.05) is 18.3 Å². The van der Waals surface area contributed by atoms with Crippen LogP contribution in [0.2, 0.25) is 5.02 Å². The van der Waals surface area contributed by atoms with Crippen molar-refractivity contribution in [1.82, 2.24) is 14.8 Å². The summed E-state index contributed by atoms with van der Waals surface area (Å²) in [7, 11) is 1.83. The van der Waals surface area contributed by atoms with Crippen molar-refractivity contribution in [3.05, 3.63) is 65.2 Å². The Labute approximate surface area is 136 Å². The fourth-order valence-corrected chi connectivity index (χ4v) is 2.41. The lowest BCUT2D eigenvalue weighted by molar-refractivity contribution is 0.102. The normalized spacial score (nSPS) is 10.6. The molecule has 2 aromatic carbocycles. The Balaban J connectivity index is 1.86. The minimum absolute atomic E-state index is 0.0620. The smallest absolute Gasteiger partial charge is 0.257 e. The second-order valence-corrected chi connectivity index (χ2v) is 5.33. The molecule has 0 unspecified atom stereocenters. The Hall–Kier alpha value is -2.73. The SMILES string of the molecule is Cn1cnnc1-c1cccc(NC(=O)c2ccc(F)cc2Cl)c1. The number of nitrogens with one attached hydrogen (secondary N) is 1. The van der Waals surface area contributed by atoms with E-state index in [1.807, 2.05) is 13.1 Å². The van der Waals surface area contributed by atoms with Gasteiger partial charge in [0.1, 0.15) is 12.1 Å². The van der Waals surface area contributed by atoms with Crippen molar-refractivity contribution < 1.29 is 9.18 Å². The molecule has 3 rings (SSSR count). The monoisotopic (exact) mass is 330 g/mol. The van der Waals surface area contributed by atoms with Gasteiger partial charge >= 0.3 is 0 Å². The fraction of sp³-hybridized carbons (Fsp3) is 0.0625. The molecule has 1 aromatic heterocycles. The van der Waals surface area contributed by atoms with Gasteiger partial charge in [-0.05, 0) is 30.3 Å². The second-order valence-electron chi connectivity index (χ2n) is 4.92. The van der Waals surface area contributed by atoms with E-state index < -0.39 is 11.7 Å². The first-order valence-corrected chi connectivity index (χ1v) is 7.13. The zero-order valence-electron chi connectivity index (χ0n) is 12.1. The third-order valence-electron chi connectivity index (χ3n) is 3.27. The molecule has 0 aliphatic carbocycles. The average molecular weight is 331 g/mol. The van der Waals surface area contributed by atoms with Crippen LogP contribution in [0.5, 0.6) is 0 Å². The van der Waals surface area contributed by atoms with Crippen molar-refractivity contribution in [3.8, 4) is 11.4 Å². The highest BCUT2D eigenvalue weighted by atomic mass is 35.5. The van der Waals surface area contributed by atoms with E-state index >= 15 is 0 Å². The summed E-state index contributed by atoms with van der Waals surface area (Å²) in [6.45, 7) is 0. The molecule has 116 valence electrons. The predicted molar refractivity (Wildman–Crippen MR) is 85.8 cm³/mol. The number of carbonyl (C=O) groups is 1. The van der Waals surface area contributed by atoms with E-state index in [2.05, 4.69) is 15.5 Å². The minimum Gasteiger partial charge on any atom is -0.322 e. The highest BCUT2D eigenvalue weighted by Gasteiger charge is 2.12. The molecule has 0 aliphatic heterocycles. The van der Waals surface area contributed by atoms with Crippen molar-refractivity contribution in [3.63, 3.8) is 0 Å². The van der Waals surface area contributed by atoms with E-state index in [0.29, 0.717) is 11.5 Å². The Bertz CT molecular complexity index is 878. The number of hydrogen-bond acceptors (Lipinski definition) is 3. The summed E-state index contributed by atoms with van der Waals surface area (Å²) < 4.78 is 14.8. The van der Waals surface area contributed by atoms with Crippen LogP contribution in [0.4, 0.5) is 10.1 Å². The molecule has 1 heterocycles. The van der Waals surface area contributed by atoms with Crippen molar-refractivity contribution >= 4 is 23.2 Å². The molecule has 0 spiro atoms. The summed E-state index contributed by atoms with van der Waals surface area (Å²) in [6, 6.07) is 10.8. The summed E-state index contributed by atoms with van der Waals surface area (Å²) in [5, 5.41) is 10.7. The topological polar surface area (TPSA) is 59.8 Å². The van der Waals surface area contributed by atoms with Gasteiger partial charge in [-0.3, -0.25) is 4.79 Å². The van der Waals surface area contributed by atoms with Crippen LogP contribution in [-0.4, -0.2) is 20.7 Å². The number of nitrogens with zero attached hydrogens (tertiary/aromatic N) is 3. The van der Waals surface area contributed by atoms with Gasteiger partial charge in [-0.1, -0.05) is 23.7 Å². The Kier molecular flexibility index (Phi) is 4.08. The molecule has 0 saturated carbocycles. The molecule has 1 N–H and O–H groups in total. The number of aromatic nitrogens is 3. The lowest BCUT2D eigenvalue weighted by atomic mass is 10.1. The van der Waals surface area contributed by atoms with E-state index in [1.165, 1.54) is 12.1 Å². The molecule has 0 bridgehead atoms. The zero-order chi connectivity index (χ0) is 16.4. The van der Waals surface area contributed by atoms with Crippen LogP contribution >= 0.6 is 11.6 Å². The van der Waals surface area contributed by atoms with Crippen LogP contribution < -0.4 is 5.32 Å². The average Bonchev–Trinajstić information content (AvgIpc) is 2.93. The molecule has 0 atom stereocenters. The molecular formula is C16H12ClFN4O. The molecule has 1 amide bonds. The maximum atomic E-state index is 13.1. The number of benzene rings is 2. The number of anilines is 1. The summed E-state index contributed by atoms with van der Waals surface area (Å²) in [6.07, 6.45) is 1.60. The highest BCUT2D eigenvalue weighted by molar-refractivity contribution is 6.34. The van der Waals surface area contributed by atoms with Crippen LogP contribution in [0, 0.1) is 5.82 Å². The number of aryl methyl sites for hydroxylation is 1. The Morgan fingerprint density at radius 1 is 1.26 bits per heavy atom. The number of rotatable bonds is 3. The molecular weight excluding hydrogens is 319 g/mol. The first kappa shape index (κ1) is 15.2. The third kappa shape index (κ3) is 3.22. The molecule has 0 aliphatic rings. The molecule has 0 radical (unpaired) electrons. The number of hydrogen-bond donors (Lipinski definition) is 1. The van der Waals surface area contributed by atoms with Crippen molar-refractivity contribution in [2.45, 2.75) is 0 Å². The summed E-state index contributed by atoms with van der Waals surface area (Å²) >= 11 is 5.90. The van der Waals surface area contributed by atoms with E-state index in [0.717, 1.165) is 11.6 Å². The molecule has 7 heteroatoms. The van der Waals surface area contributed by atoms with Crippen molar-refractivity contribution in [2.75, 3.05) is 5.32 Å². The quantitative estimate of drug-likeness (QED) is 0.799. The van der Waals surface area contributed by atoms with Crippen LogP contribution in [-0.2, 0) is 7.05 Å². The van der Waals surface area contributed by atoms with Crippen molar-refractivity contribution in [2.24, 2.45) is 7.05 Å². The Morgan fingerprint density at radius 3 is 2.78 bits per heavy atom.